The van der Waals surface area contributed by atoms with E-state index in [9.17, 15) is 9.59 Å². The third-order valence-corrected chi connectivity index (χ3v) is 3.57. The van der Waals surface area contributed by atoms with Crippen LogP contribution >= 0.6 is 0 Å². The fourth-order valence-electron chi connectivity index (χ4n) is 2.72. The van der Waals surface area contributed by atoms with Crippen molar-refractivity contribution in [1.29, 1.82) is 0 Å². The molecule has 0 saturated carbocycles. The average molecular weight is 290 g/mol. The van der Waals surface area contributed by atoms with Crippen LogP contribution in [-0.2, 0) is 4.74 Å². The standard InChI is InChI=1S/C16H22N2O3/c1-3-21-16(20)17-14-9-12(2)10-18(11-14)15(19)13-7-5-4-6-8-13/h4-8,12,14H,3,9-11H2,1-2H3,(H,17,20). The molecule has 0 aromatic heterocycles. The first kappa shape index (κ1) is 15.4. The first-order valence-corrected chi connectivity index (χ1v) is 7.37. The molecule has 2 rings (SSSR count). The number of carbonyl (C=O) groups excluding carboxylic acids is 2. The van der Waals surface area contributed by atoms with Crippen molar-refractivity contribution in [2.75, 3.05) is 19.7 Å². The normalized spacial score (nSPS) is 21.7. The van der Waals surface area contributed by atoms with Gasteiger partial charge in [0.15, 0.2) is 0 Å². The molecule has 0 spiro atoms. The van der Waals surface area contributed by atoms with E-state index in [-0.39, 0.29) is 11.9 Å². The molecule has 0 aliphatic carbocycles. The zero-order valence-electron chi connectivity index (χ0n) is 12.5. The van der Waals surface area contributed by atoms with Gasteiger partial charge in [-0.05, 0) is 31.4 Å². The van der Waals surface area contributed by atoms with Crippen LogP contribution in [0.1, 0.15) is 30.6 Å². The van der Waals surface area contributed by atoms with Crippen molar-refractivity contribution in [2.24, 2.45) is 5.92 Å². The number of likely N-dealkylation sites (tertiary alicyclic amines) is 1. The summed E-state index contributed by atoms with van der Waals surface area (Å²) < 4.78 is 4.91. The maximum absolute atomic E-state index is 12.5. The lowest BCUT2D eigenvalue weighted by Gasteiger charge is -2.36. The summed E-state index contributed by atoms with van der Waals surface area (Å²) in [5.74, 6) is 0.358. The molecule has 0 radical (unpaired) electrons. The van der Waals surface area contributed by atoms with Crippen molar-refractivity contribution in [2.45, 2.75) is 26.3 Å². The summed E-state index contributed by atoms with van der Waals surface area (Å²) in [4.78, 5) is 25.8. The second-order valence-corrected chi connectivity index (χ2v) is 5.48. The first-order valence-electron chi connectivity index (χ1n) is 7.37. The van der Waals surface area contributed by atoms with E-state index in [2.05, 4.69) is 12.2 Å². The van der Waals surface area contributed by atoms with Gasteiger partial charge in [-0.1, -0.05) is 25.1 Å². The van der Waals surface area contributed by atoms with Gasteiger partial charge in [-0.3, -0.25) is 4.79 Å². The van der Waals surface area contributed by atoms with E-state index < -0.39 is 6.09 Å². The Kier molecular flexibility index (Phi) is 5.20. The number of amides is 2. The smallest absolute Gasteiger partial charge is 0.407 e. The zero-order chi connectivity index (χ0) is 15.2. The predicted molar refractivity (Wildman–Crippen MR) is 80.1 cm³/mol. The Morgan fingerprint density at radius 1 is 1.29 bits per heavy atom. The number of alkyl carbamates (subject to hydrolysis) is 1. The van der Waals surface area contributed by atoms with Gasteiger partial charge in [-0.2, -0.15) is 0 Å². The highest BCUT2D eigenvalue weighted by Gasteiger charge is 2.29. The molecular weight excluding hydrogens is 268 g/mol. The molecule has 1 aliphatic heterocycles. The average Bonchev–Trinajstić information content (AvgIpc) is 2.47. The number of benzene rings is 1. The lowest BCUT2D eigenvalue weighted by atomic mass is 9.95. The van der Waals surface area contributed by atoms with Crippen LogP contribution in [0.2, 0.25) is 0 Å². The number of nitrogens with one attached hydrogen (secondary N) is 1. The van der Waals surface area contributed by atoms with Gasteiger partial charge in [0, 0.05) is 18.7 Å². The molecule has 0 bridgehead atoms. The third kappa shape index (κ3) is 4.21. The Balaban J connectivity index is 2.00. The van der Waals surface area contributed by atoms with Gasteiger partial charge >= 0.3 is 6.09 Å². The minimum absolute atomic E-state index is 0.0119. The van der Waals surface area contributed by atoms with Gasteiger partial charge in [0.05, 0.1) is 12.6 Å². The molecule has 1 saturated heterocycles. The minimum atomic E-state index is -0.413. The van der Waals surface area contributed by atoms with E-state index in [4.69, 9.17) is 4.74 Å². The van der Waals surface area contributed by atoms with Crippen molar-refractivity contribution < 1.29 is 14.3 Å². The van der Waals surface area contributed by atoms with Crippen LogP contribution in [0.4, 0.5) is 4.79 Å². The van der Waals surface area contributed by atoms with E-state index in [0.717, 1.165) is 6.42 Å². The third-order valence-electron chi connectivity index (χ3n) is 3.57. The molecule has 114 valence electrons. The van der Waals surface area contributed by atoms with E-state index >= 15 is 0 Å². The Morgan fingerprint density at radius 3 is 2.67 bits per heavy atom. The molecule has 1 N–H and O–H groups in total. The maximum atomic E-state index is 12.5. The van der Waals surface area contributed by atoms with Gasteiger partial charge in [0.2, 0.25) is 0 Å². The van der Waals surface area contributed by atoms with E-state index in [1.54, 1.807) is 11.8 Å². The zero-order valence-corrected chi connectivity index (χ0v) is 12.5. The number of carbonyl (C=O) groups is 2. The van der Waals surface area contributed by atoms with Crippen molar-refractivity contribution >= 4 is 12.0 Å². The van der Waals surface area contributed by atoms with Crippen LogP contribution < -0.4 is 5.32 Å². The number of nitrogens with zero attached hydrogens (tertiary/aromatic N) is 1. The number of piperidine rings is 1. The van der Waals surface area contributed by atoms with Crippen LogP contribution in [0.5, 0.6) is 0 Å². The SMILES string of the molecule is CCOC(=O)NC1CC(C)CN(C(=O)c2ccccc2)C1. The molecule has 1 heterocycles. The summed E-state index contributed by atoms with van der Waals surface area (Å²) in [7, 11) is 0. The molecule has 2 unspecified atom stereocenters. The van der Waals surface area contributed by atoms with Crippen LogP contribution in [0.15, 0.2) is 30.3 Å². The summed E-state index contributed by atoms with van der Waals surface area (Å²) in [6.07, 6.45) is 0.445. The molecule has 1 fully saturated rings. The second kappa shape index (κ2) is 7.11. The van der Waals surface area contributed by atoms with Crippen molar-refractivity contribution in [3.8, 4) is 0 Å². The molecule has 5 nitrogen and oxygen atoms in total. The number of hydrogen-bond acceptors (Lipinski definition) is 3. The van der Waals surface area contributed by atoms with E-state index in [1.165, 1.54) is 0 Å². The van der Waals surface area contributed by atoms with Crippen molar-refractivity contribution in [3.05, 3.63) is 35.9 Å². The quantitative estimate of drug-likeness (QED) is 0.929. The molecule has 21 heavy (non-hydrogen) atoms. The molecule has 1 aromatic rings. The second-order valence-electron chi connectivity index (χ2n) is 5.48. The predicted octanol–water partition coefficient (Wildman–Crippen LogP) is 2.28. The molecule has 2 amide bonds. The lowest BCUT2D eigenvalue weighted by molar-refractivity contribution is 0.0630. The maximum Gasteiger partial charge on any atom is 0.407 e. The topological polar surface area (TPSA) is 58.6 Å². The summed E-state index contributed by atoms with van der Waals surface area (Å²) in [6, 6.07) is 9.18. The summed E-state index contributed by atoms with van der Waals surface area (Å²) >= 11 is 0. The highest BCUT2D eigenvalue weighted by molar-refractivity contribution is 5.94. The minimum Gasteiger partial charge on any atom is -0.450 e. The molecule has 2 atom stereocenters. The van der Waals surface area contributed by atoms with E-state index in [0.29, 0.717) is 31.2 Å². The van der Waals surface area contributed by atoms with Crippen molar-refractivity contribution in [1.82, 2.24) is 10.2 Å². The largest absolute Gasteiger partial charge is 0.450 e. The van der Waals surface area contributed by atoms with Crippen LogP contribution in [-0.4, -0.2) is 42.6 Å². The number of rotatable bonds is 3. The Labute approximate surface area is 125 Å². The van der Waals surface area contributed by atoms with Crippen LogP contribution in [0, 0.1) is 5.92 Å². The first-order chi connectivity index (χ1) is 10.1. The Hall–Kier alpha value is -2.04. The lowest BCUT2D eigenvalue weighted by Crippen LogP contribution is -2.52. The highest BCUT2D eigenvalue weighted by Crippen LogP contribution is 2.18. The van der Waals surface area contributed by atoms with Gasteiger partial charge in [-0.25, -0.2) is 4.79 Å². The molecule has 5 heteroatoms. The van der Waals surface area contributed by atoms with Gasteiger partial charge < -0.3 is 15.0 Å². The van der Waals surface area contributed by atoms with Crippen LogP contribution in [0.25, 0.3) is 0 Å². The molecule has 1 aliphatic rings. The number of ether oxygens (including phenoxy) is 1. The summed E-state index contributed by atoms with van der Waals surface area (Å²) in [5, 5.41) is 2.83. The molecular formula is C16H22N2O3. The van der Waals surface area contributed by atoms with Gasteiger partial charge in [0.1, 0.15) is 0 Å². The van der Waals surface area contributed by atoms with Gasteiger partial charge in [0.25, 0.3) is 5.91 Å². The highest BCUT2D eigenvalue weighted by atomic mass is 16.5. The van der Waals surface area contributed by atoms with Crippen molar-refractivity contribution in [3.63, 3.8) is 0 Å². The van der Waals surface area contributed by atoms with Crippen LogP contribution in [0.3, 0.4) is 0 Å². The fraction of sp³-hybridized carbons (Fsp3) is 0.500. The number of hydrogen-bond donors (Lipinski definition) is 1. The Morgan fingerprint density at radius 2 is 2.00 bits per heavy atom. The fourth-order valence-corrected chi connectivity index (χ4v) is 2.72. The van der Waals surface area contributed by atoms with Gasteiger partial charge in [-0.15, -0.1) is 0 Å². The summed E-state index contributed by atoms with van der Waals surface area (Å²) in [6.45, 7) is 5.45. The monoisotopic (exact) mass is 290 g/mol. The summed E-state index contributed by atoms with van der Waals surface area (Å²) in [5.41, 5.74) is 0.682. The van der Waals surface area contributed by atoms with E-state index in [1.807, 2.05) is 30.3 Å². The Bertz CT molecular complexity index is 490. The molecule has 1 aromatic carbocycles.